The summed E-state index contributed by atoms with van der Waals surface area (Å²) in [5, 5.41) is 8.22. The average molecular weight is 446 g/mol. The number of likely N-dealkylation sites (N-methyl/N-ethyl adjacent to an activating group) is 1. The molecule has 0 aliphatic carbocycles. The minimum atomic E-state index is -0.204. The van der Waals surface area contributed by atoms with E-state index in [9.17, 15) is 9.59 Å². The SMILES string of the molecule is CCN1CCN(C(=O)CCC(=O)Nc2cc(C(C)(C)C)nn2-c2cccc(Cl)c2)CC1. The van der Waals surface area contributed by atoms with Crippen molar-refractivity contribution in [1.29, 1.82) is 0 Å². The smallest absolute Gasteiger partial charge is 0.226 e. The van der Waals surface area contributed by atoms with Crippen molar-refractivity contribution < 1.29 is 9.59 Å². The van der Waals surface area contributed by atoms with E-state index in [0.717, 1.165) is 44.1 Å². The second-order valence-corrected chi connectivity index (χ2v) is 9.36. The fourth-order valence-electron chi connectivity index (χ4n) is 3.54. The molecule has 1 fully saturated rings. The third kappa shape index (κ3) is 6.08. The number of aromatic nitrogens is 2. The first-order valence-electron chi connectivity index (χ1n) is 10.8. The van der Waals surface area contributed by atoms with Crippen LogP contribution in [0.2, 0.25) is 5.02 Å². The molecule has 0 radical (unpaired) electrons. The minimum Gasteiger partial charge on any atom is -0.340 e. The van der Waals surface area contributed by atoms with Crippen molar-refractivity contribution in [2.24, 2.45) is 0 Å². The number of nitrogens with one attached hydrogen (secondary N) is 1. The number of hydrogen-bond acceptors (Lipinski definition) is 4. The number of carbonyl (C=O) groups excluding carboxylic acids is 2. The second-order valence-electron chi connectivity index (χ2n) is 8.92. The quantitative estimate of drug-likeness (QED) is 0.735. The second kappa shape index (κ2) is 9.83. The monoisotopic (exact) mass is 445 g/mol. The first-order valence-corrected chi connectivity index (χ1v) is 11.2. The molecule has 1 aromatic carbocycles. The van der Waals surface area contributed by atoms with E-state index in [0.29, 0.717) is 10.8 Å². The fraction of sp³-hybridized carbons (Fsp3) is 0.522. The Balaban J connectivity index is 1.66. The number of nitrogens with zero attached hydrogens (tertiary/aromatic N) is 4. The normalized spacial score (nSPS) is 15.2. The Morgan fingerprint density at radius 1 is 1.10 bits per heavy atom. The Kier molecular flexibility index (Phi) is 7.38. The Hall–Kier alpha value is -2.38. The van der Waals surface area contributed by atoms with Gasteiger partial charge in [0.25, 0.3) is 0 Å². The summed E-state index contributed by atoms with van der Waals surface area (Å²) in [6.45, 7) is 12.6. The van der Waals surface area contributed by atoms with Crippen molar-refractivity contribution in [3.8, 4) is 5.69 Å². The summed E-state index contributed by atoms with van der Waals surface area (Å²) < 4.78 is 1.69. The number of piperazine rings is 1. The molecule has 168 valence electrons. The summed E-state index contributed by atoms with van der Waals surface area (Å²) in [5.41, 5.74) is 1.44. The summed E-state index contributed by atoms with van der Waals surface area (Å²) in [7, 11) is 0. The van der Waals surface area contributed by atoms with Crippen LogP contribution in [0.5, 0.6) is 0 Å². The Morgan fingerprint density at radius 3 is 2.42 bits per heavy atom. The Bertz CT molecular complexity index is 926. The van der Waals surface area contributed by atoms with E-state index in [-0.39, 0.29) is 30.1 Å². The van der Waals surface area contributed by atoms with Crippen molar-refractivity contribution in [3.05, 3.63) is 41.0 Å². The molecule has 1 aliphatic heterocycles. The lowest BCUT2D eigenvalue weighted by Gasteiger charge is -2.34. The van der Waals surface area contributed by atoms with E-state index in [1.165, 1.54) is 0 Å². The molecule has 3 rings (SSSR count). The van der Waals surface area contributed by atoms with E-state index < -0.39 is 0 Å². The highest BCUT2D eigenvalue weighted by atomic mass is 35.5. The first-order chi connectivity index (χ1) is 14.7. The van der Waals surface area contributed by atoms with Gasteiger partial charge in [-0.2, -0.15) is 5.10 Å². The van der Waals surface area contributed by atoms with Crippen molar-refractivity contribution in [3.63, 3.8) is 0 Å². The van der Waals surface area contributed by atoms with Crippen molar-refractivity contribution in [2.75, 3.05) is 38.0 Å². The van der Waals surface area contributed by atoms with Gasteiger partial charge in [0.15, 0.2) is 0 Å². The molecule has 8 heteroatoms. The van der Waals surface area contributed by atoms with Gasteiger partial charge in [-0.05, 0) is 24.7 Å². The number of halogens is 1. The van der Waals surface area contributed by atoms with Gasteiger partial charge in [-0.3, -0.25) is 9.59 Å². The van der Waals surface area contributed by atoms with Crippen molar-refractivity contribution in [1.82, 2.24) is 19.6 Å². The number of amides is 2. The van der Waals surface area contributed by atoms with Gasteiger partial charge in [-0.1, -0.05) is 45.4 Å². The minimum absolute atomic E-state index is 0.0321. The van der Waals surface area contributed by atoms with Gasteiger partial charge in [-0.25, -0.2) is 4.68 Å². The van der Waals surface area contributed by atoms with Crippen LogP contribution in [-0.4, -0.2) is 64.1 Å². The molecule has 0 unspecified atom stereocenters. The van der Waals surface area contributed by atoms with Crippen LogP contribution in [0.3, 0.4) is 0 Å². The van der Waals surface area contributed by atoms with Crippen molar-refractivity contribution in [2.45, 2.75) is 46.0 Å². The molecule has 0 spiro atoms. The molecule has 2 heterocycles. The lowest BCUT2D eigenvalue weighted by Crippen LogP contribution is -2.48. The number of hydrogen-bond donors (Lipinski definition) is 1. The van der Waals surface area contributed by atoms with Crippen LogP contribution >= 0.6 is 11.6 Å². The molecule has 2 aromatic rings. The molecule has 1 aliphatic rings. The van der Waals surface area contributed by atoms with Gasteiger partial charge < -0.3 is 15.1 Å². The predicted octanol–water partition coefficient (Wildman–Crippen LogP) is 3.71. The van der Waals surface area contributed by atoms with Crippen LogP contribution in [0.4, 0.5) is 5.82 Å². The molecule has 1 saturated heterocycles. The maximum absolute atomic E-state index is 12.7. The predicted molar refractivity (Wildman–Crippen MR) is 124 cm³/mol. The summed E-state index contributed by atoms with van der Waals surface area (Å²) in [6, 6.07) is 9.21. The molecule has 31 heavy (non-hydrogen) atoms. The maximum atomic E-state index is 12.7. The highest BCUT2D eigenvalue weighted by Gasteiger charge is 2.23. The maximum Gasteiger partial charge on any atom is 0.226 e. The van der Waals surface area contributed by atoms with E-state index in [1.54, 1.807) is 16.8 Å². The Labute approximate surface area is 189 Å². The van der Waals surface area contributed by atoms with E-state index in [2.05, 4.69) is 37.9 Å². The van der Waals surface area contributed by atoms with Crippen LogP contribution in [-0.2, 0) is 15.0 Å². The number of benzene rings is 1. The van der Waals surface area contributed by atoms with Crippen LogP contribution in [0.15, 0.2) is 30.3 Å². The van der Waals surface area contributed by atoms with Gasteiger partial charge in [0.05, 0.1) is 11.4 Å². The molecular formula is C23H32ClN5O2. The zero-order chi connectivity index (χ0) is 22.6. The first kappa shape index (κ1) is 23.3. The van der Waals surface area contributed by atoms with Crippen molar-refractivity contribution >= 4 is 29.2 Å². The van der Waals surface area contributed by atoms with E-state index in [1.807, 2.05) is 23.1 Å². The molecule has 1 aromatic heterocycles. The summed E-state index contributed by atoms with van der Waals surface area (Å²) in [6.07, 6.45) is 0.341. The largest absolute Gasteiger partial charge is 0.340 e. The summed E-state index contributed by atoms with van der Waals surface area (Å²) >= 11 is 6.15. The zero-order valence-electron chi connectivity index (χ0n) is 18.8. The van der Waals surface area contributed by atoms with Gasteiger partial charge in [-0.15, -0.1) is 0 Å². The standard InChI is InChI=1S/C23H32ClN5O2/c1-5-27-11-13-28(14-12-27)22(31)10-9-21(30)25-20-16-19(23(2,3)4)26-29(20)18-8-6-7-17(24)15-18/h6-8,15-16H,5,9-14H2,1-4H3,(H,25,30). The molecule has 0 saturated carbocycles. The van der Waals surface area contributed by atoms with Gasteiger partial charge in [0.1, 0.15) is 5.82 Å². The fourth-order valence-corrected chi connectivity index (χ4v) is 3.72. The summed E-state index contributed by atoms with van der Waals surface area (Å²) in [5.74, 6) is 0.398. The highest BCUT2D eigenvalue weighted by molar-refractivity contribution is 6.30. The highest BCUT2D eigenvalue weighted by Crippen LogP contribution is 2.27. The van der Waals surface area contributed by atoms with Gasteiger partial charge in [0, 0.05) is 55.5 Å². The van der Waals surface area contributed by atoms with Crippen LogP contribution in [0, 0.1) is 0 Å². The van der Waals surface area contributed by atoms with Crippen LogP contribution in [0.25, 0.3) is 5.69 Å². The topological polar surface area (TPSA) is 70.5 Å². The van der Waals surface area contributed by atoms with Gasteiger partial charge >= 0.3 is 0 Å². The van der Waals surface area contributed by atoms with E-state index >= 15 is 0 Å². The Morgan fingerprint density at radius 2 is 1.81 bits per heavy atom. The number of carbonyl (C=O) groups is 2. The molecule has 0 bridgehead atoms. The molecular weight excluding hydrogens is 414 g/mol. The van der Waals surface area contributed by atoms with Crippen LogP contribution in [0.1, 0.15) is 46.2 Å². The average Bonchev–Trinajstić information content (AvgIpc) is 3.16. The summed E-state index contributed by atoms with van der Waals surface area (Å²) in [4.78, 5) is 29.3. The lowest BCUT2D eigenvalue weighted by molar-refractivity contribution is -0.134. The molecule has 2 amide bonds. The number of rotatable bonds is 6. The molecule has 7 nitrogen and oxygen atoms in total. The zero-order valence-corrected chi connectivity index (χ0v) is 19.6. The molecule has 0 atom stereocenters. The third-order valence-corrected chi connectivity index (χ3v) is 5.77. The lowest BCUT2D eigenvalue weighted by atomic mass is 9.92. The van der Waals surface area contributed by atoms with E-state index in [4.69, 9.17) is 16.7 Å². The molecule has 1 N–H and O–H groups in total. The van der Waals surface area contributed by atoms with Gasteiger partial charge in [0.2, 0.25) is 11.8 Å². The number of anilines is 1. The third-order valence-electron chi connectivity index (χ3n) is 5.54. The van der Waals surface area contributed by atoms with Crippen LogP contribution < -0.4 is 5.32 Å².